The molecule has 0 fully saturated rings. The lowest BCUT2D eigenvalue weighted by molar-refractivity contribution is -0.0243. The fourth-order valence-electron chi connectivity index (χ4n) is 3.03. The van der Waals surface area contributed by atoms with E-state index in [1.54, 1.807) is 7.11 Å². The topological polar surface area (TPSA) is 83.1 Å². The molecule has 0 N–H and O–H groups in total. The van der Waals surface area contributed by atoms with E-state index in [2.05, 4.69) is 31.2 Å². The van der Waals surface area contributed by atoms with Crippen molar-refractivity contribution in [2.45, 2.75) is 19.8 Å². The highest BCUT2D eigenvalue weighted by Crippen LogP contribution is 2.06. The molecule has 0 atom stereocenters. The van der Waals surface area contributed by atoms with Crippen molar-refractivity contribution in [1.29, 1.82) is 0 Å². The number of rotatable bonds is 28. The Morgan fingerprint density at radius 2 is 0.833 bits per heavy atom. The second-order valence-corrected chi connectivity index (χ2v) is 7.98. The Morgan fingerprint density at radius 3 is 1.19 bits per heavy atom. The maximum Gasteiger partial charge on any atom is 0.0701 e. The maximum absolute atomic E-state index is 5.61. The van der Waals surface area contributed by atoms with E-state index in [9.17, 15) is 0 Å². The van der Waals surface area contributed by atoms with Crippen molar-refractivity contribution in [3.05, 3.63) is 35.4 Å². The number of methoxy groups -OCH3 is 1. The van der Waals surface area contributed by atoms with E-state index >= 15 is 0 Å². The highest BCUT2D eigenvalue weighted by molar-refractivity contribution is 5.22. The van der Waals surface area contributed by atoms with Crippen molar-refractivity contribution < 1.29 is 42.6 Å². The first kappa shape index (κ1) is 32.9. The summed E-state index contributed by atoms with van der Waals surface area (Å²) < 4.78 is 48.5. The average Bonchev–Trinajstić information content (AvgIpc) is 2.88. The molecule has 0 bridgehead atoms. The third-order valence-corrected chi connectivity index (χ3v) is 4.87. The molecular formula is C27H48O9. The fraction of sp³-hybridized carbons (Fsp3) is 0.778. The van der Waals surface area contributed by atoms with Crippen LogP contribution < -0.4 is 0 Å². The zero-order chi connectivity index (χ0) is 25.8. The quantitative estimate of drug-likeness (QED) is 0.156. The first-order chi connectivity index (χ1) is 17.8. The van der Waals surface area contributed by atoms with E-state index < -0.39 is 0 Å². The van der Waals surface area contributed by atoms with Gasteiger partial charge in [0.05, 0.1) is 106 Å². The molecule has 9 nitrogen and oxygen atoms in total. The second-order valence-electron chi connectivity index (χ2n) is 7.98. The number of ether oxygens (including phenoxy) is 9. The van der Waals surface area contributed by atoms with Gasteiger partial charge in [0, 0.05) is 13.7 Å². The van der Waals surface area contributed by atoms with E-state index in [-0.39, 0.29) is 0 Å². The van der Waals surface area contributed by atoms with Crippen molar-refractivity contribution in [3.8, 4) is 0 Å². The van der Waals surface area contributed by atoms with Gasteiger partial charge in [-0.2, -0.15) is 0 Å². The molecule has 0 aliphatic carbocycles. The van der Waals surface area contributed by atoms with Gasteiger partial charge in [0.25, 0.3) is 0 Å². The molecule has 0 saturated heterocycles. The van der Waals surface area contributed by atoms with Gasteiger partial charge in [-0.1, -0.05) is 29.8 Å². The van der Waals surface area contributed by atoms with Crippen molar-refractivity contribution in [3.63, 3.8) is 0 Å². The highest BCUT2D eigenvalue weighted by Gasteiger charge is 1.97. The van der Waals surface area contributed by atoms with E-state index in [0.29, 0.717) is 106 Å². The predicted molar refractivity (Wildman–Crippen MR) is 138 cm³/mol. The summed E-state index contributed by atoms with van der Waals surface area (Å²) in [6.07, 6.45) is 2.07. The van der Waals surface area contributed by atoms with Gasteiger partial charge in [-0.25, -0.2) is 0 Å². The van der Waals surface area contributed by atoms with Crippen LogP contribution >= 0.6 is 0 Å². The van der Waals surface area contributed by atoms with Crippen LogP contribution in [0.5, 0.6) is 0 Å². The molecule has 1 aromatic carbocycles. The van der Waals surface area contributed by atoms with Crippen LogP contribution in [0.25, 0.3) is 0 Å². The monoisotopic (exact) mass is 516 g/mol. The molecule has 0 aliphatic heterocycles. The van der Waals surface area contributed by atoms with Crippen molar-refractivity contribution >= 4 is 0 Å². The minimum atomic E-state index is 0.534. The molecule has 0 aromatic heterocycles. The molecule has 1 aromatic rings. The maximum atomic E-state index is 5.61. The second kappa shape index (κ2) is 26.9. The van der Waals surface area contributed by atoms with Gasteiger partial charge in [-0.3, -0.25) is 0 Å². The third kappa shape index (κ3) is 23.3. The summed E-state index contributed by atoms with van der Waals surface area (Å²) in [5, 5.41) is 0. The third-order valence-electron chi connectivity index (χ3n) is 4.87. The molecular weight excluding hydrogens is 468 g/mol. The smallest absolute Gasteiger partial charge is 0.0701 e. The summed E-state index contributed by atoms with van der Waals surface area (Å²) in [5.74, 6) is 0. The van der Waals surface area contributed by atoms with Crippen LogP contribution in [0.3, 0.4) is 0 Å². The number of hydrogen-bond acceptors (Lipinski definition) is 9. The molecule has 1 rings (SSSR count). The average molecular weight is 517 g/mol. The largest absolute Gasteiger partial charge is 0.382 e. The van der Waals surface area contributed by atoms with Gasteiger partial charge < -0.3 is 42.6 Å². The molecule has 210 valence electrons. The van der Waals surface area contributed by atoms with Crippen LogP contribution in [0.15, 0.2) is 24.3 Å². The number of benzene rings is 1. The van der Waals surface area contributed by atoms with Crippen molar-refractivity contribution in [2.24, 2.45) is 0 Å². The van der Waals surface area contributed by atoms with Gasteiger partial charge in [-0.15, -0.1) is 0 Å². The van der Waals surface area contributed by atoms with E-state index in [0.717, 1.165) is 19.4 Å². The van der Waals surface area contributed by atoms with Gasteiger partial charge in [0.1, 0.15) is 0 Å². The Bertz CT molecular complexity index is 574. The zero-order valence-electron chi connectivity index (χ0n) is 22.4. The molecule has 36 heavy (non-hydrogen) atoms. The summed E-state index contributed by atoms with van der Waals surface area (Å²) >= 11 is 0. The van der Waals surface area contributed by atoms with Crippen molar-refractivity contribution in [1.82, 2.24) is 0 Å². The molecule has 9 heteroatoms. The Hall–Kier alpha value is -1.14. The van der Waals surface area contributed by atoms with Crippen LogP contribution in [0.1, 0.15) is 17.5 Å². The zero-order valence-corrected chi connectivity index (χ0v) is 22.4. The summed E-state index contributed by atoms with van der Waals surface area (Å²) in [6.45, 7) is 11.8. The van der Waals surface area contributed by atoms with Crippen LogP contribution in [-0.4, -0.2) is 119 Å². The summed E-state index contributed by atoms with van der Waals surface area (Å²) in [6, 6.07) is 8.61. The van der Waals surface area contributed by atoms with Gasteiger partial charge in [-0.05, 0) is 25.3 Å². The van der Waals surface area contributed by atoms with Crippen LogP contribution in [0, 0.1) is 6.92 Å². The normalized spacial score (nSPS) is 11.4. The molecule has 0 aliphatic rings. The molecule has 0 unspecified atom stereocenters. The first-order valence-corrected chi connectivity index (χ1v) is 13.0. The number of hydrogen-bond donors (Lipinski definition) is 0. The highest BCUT2D eigenvalue weighted by atomic mass is 16.6. The van der Waals surface area contributed by atoms with E-state index in [1.807, 2.05) is 0 Å². The predicted octanol–water partition coefficient (Wildman–Crippen LogP) is 2.71. The molecule has 0 amide bonds. The van der Waals surface area contributed by atoms with Crippen LogP contribution in [0.4, 0.5) is 0 Å². The minimum absolute atomic E-state index is 0.534. The SMILES string of the molecule is COCCOCCOCCOCCOCCOCCOCCOCCOCCCc1cccc(C)c1. The van der Waals surface area contributed by atoms with Crippen LogP contribution in [0.2, 0.25) is 0 Å². The molecule has 0 heterocycles. The van der Waals surface area contributed by atoms with E-state index in [1.165, 1.54) is 11.1 Å². The Morgan fingerprint density at radius 1 is 0.472 bits per heavy atom. The Balaban J connectivity index is 1.65. The number of aryl methyl sites for hydroxylation is 2. The molecule has 0 spiro atoms. The summed E-state index contributed by atoms with van der Waals surface area (Å²) in [5.41, 5.74) is 2.67. The Kier molecular flexibility index (Phi) is 24.6. The fourth-order valence-corrected chi connectivity index (χ4v) is 3.03. The Labute approximate surface area is 217 Å². The molecule has 0 saturated carbocycles. The van der Waals surface area contributed by atoms with Gasteiger partial charge in [0.2, 0.25) is 0 Å². The summed E-state index contributed by atoms with van der Waals surface area (Å²) in [7, 11) is 1.65. The minimum Gasteiger partial charge on any atom is -0.382 e. The molecule has 0 radical (unpaired) electrons. The lowest BCUT2D eigenvalue weighted by Gasteiger charge is -2.09. The van der Waals surface area contributed by atoms with E-state index in [4.69, 9.17) is 42.6 Å². The van der Waals surface area contributed by atoms with Crippen molar-refractivity contribution in [2.75, 3.05) is 119 Å². The standard InChI is InChI=1S/C27H48O9/c1-26-5-3-6-27(25-26)7-4-8-29-11-12-31-15-16-33-19-20-35-23-24-36-22-21-34-18-17-32-14-13-30-10-9-28-2/h3,5-6,25H,4,7-24H2,1-2H3. The van der Waals surface area contributed by atoms with Gasteiger partial charge >= 0.3 is 0 Å². The first-order valence-electron chi connectivity index (χ1n) is 13.0. The lowest BCUT2D eigenvalue weighted by atomic mass is 10.1. The summed E-state index contributed by atoms with van der Waals surface area (Å²) in [4.78, 5) is 0. The van der Waals surface area contributed by atoms with Gasteiger partial charge in [0.15, 0.2) is 0 Å². The van der Waals surface area contributed by atoms with Crippen LogP contribution in [-0.2, 0) is 49.1 Å². The lowest BCUT2D eigenvalue weighted by Crippen LogP contribution is -2.15.